The van der Waals surface area contributed by atoms with E-state index < -0.39 is 24.6 Å². The maximum Gasteiger partial charge on any atom is 0.310 e. The van der Waals surface area contributed by atoms with E-state index in [0.717, 1.165) is 23.4 Å². The minimum atomic E-state index is -1.10. The van der Waals surface area contributed by atoms with Crippen molar-refractivity contribution in [2.24, 2.45) is 11.5 Å². The van der Waals surface area contributed by atoms with Crippen LogP contribution in [0.4, 0.5) is 0 Å². The highest BCUT2D eigenvalue weighted by Crippen LogP contribution is 2.43. The number of carbonyl (C=O) groups excluding carboxylic acids is 4. The smallest absolute Gasteiger partial charge is 0.310 e. The number of aryl methyl sites for hydroxylation is 2. The zero-order chi connectivity index (χ0) is 43.8. The number of nitrogens with zero attached hydrogens (tertiary/aromatic N) is 3. The lowest BCUT2D eigenvalue weighted by atomic mass is 9.85. The molecule has 16 nitrogen and oxygen atoms in total. The van der Waals surface area contributed by atoms with Gasteiger partial charge in [-0.25, -0.2) is 0 Å². The van der Waals surface area contributed by atoms with E-state index in [1.807, 2.05) is 39.0 Å². The summed E-state index contributed by atoms with van der Waals surface area (Å²) >= 11 is 0. The molecule has 2 aliphatic rings. The van der Waals surface area contributed by atoms with Crippen molar-refractivity contribution in [2.75, 3.05) is 59.5 Å². The number of nitrogens with two attached hydrogens (primary N) is 2. The van der Waals surface area contributed by atoms with Gasteiger partial charge in [-0.15, -0.1) is 0 Å². The number of fused-ring (bicyclic) bond motifs is 8. The summed E-state index contributed by atoms with van der Waals surface area (Å²) in [6, 6.07) is 5.84. The zero-order valence-corrected chi connectivity index (χ0v) is 36.0. The molecule has 0 radical (unpaired) electrons. The van der Waals surface area contributed by atoms with Crippen LogP contribution in [-0.4, -0.2) is 124 Å². The van der Waals surface area contributed by atoms with Gasteiger partial charge in [-0.1, -0.05) is 20.8 Å². The number of H-pyrrole nitrogens is 2. The fourth-order valence-corrected chi connectivity index (χ4v) is 8.64. The average molecular weight is 830 g/mol. The van der Waals surface area contributed by atoms with Crippen LogP contribution in [0.3, 0.4) is 0 Å². The SMILES string of the molecule is CC[C@H]1c2cc3[nH]c(c(CC(=O)OC)c4nc(cc5[nH]c(cc(n2)[C@@H]1C)c(C(C)=O)c5C)[C@@H](C)[C@@H]4CCC(=O)NCC(O)CO)c(C(=O)NCCN(CCN)CCN)c3C. The van der Waals surface area contributed by atoms with E-state index in [9.17, 15) is 29.4 Å². The molecule has 0 aromatic carbocycles. The second-order valence-corrected chi connectivity index (χ2v) is 16.0. The number of aliphatic hydroxyl groups is 2. The van der Waals surface area contributed by atoms with E-state index in [1.54, 1.807) is 6.92 Å². The molecule has 0 spiro atoms. The molecule has 2 amide bonds. The third-order valence-corrected chi connectivity index (χ3v) is 12.1. The first-order chi connectivity index (χ1) is 28.7. The summed E-state index contributed by atoms with van der Waals surface area (Å²) < 4.78 is 5.24. The van der Waals surface area contributed by atoms with E-state index >= 15 is 0 Å². The van der Waals surface area contributed by atoms with Crippen LogP contribution < -0.4 is 22.1 Å². The summed E-state index contributed by atoms with van der Waals surface area (Å²) in [6.45, 7) is 13.9. The molecule has 16 heteroatoms. The van der Waals surface area contributed by atoms with Crippen LogP contribution in [0.5, 0.6) is 0 Å². The van der Waals surface area contributed by atoms with Crippen molar-refractivity contribution in [1.29, 1.82) is 0 Å². The van der Waals surface area contributed by atoms with Gasteiger partial charge in [0.1, 0.15) is 0 Å². The standard InChI is InChI=1S/C44H63N9O7/c1-8-29-23(2)32-20-37-40(27(6)55)25(4)34(50-37)18-33-24(3)30(9-10-38(57)48-21-28(56)22-54)42(51-33)31(17-39(58)60-7)43-41(26(5)35(52-43)19-36(29)49-32)44(59)47-13-16-53(14-11-45)15-12-46/h18-20,23-24,28-30,50,52,54,56H,8-17,21-22,45-46H2,1-7H3,(H,47,59)(H,48,57)/t23-,24+,28?,29-,30+/m1/s1. The van der Waals surface area contributed by atoms with Crippen molar-refractivity contribution >= 4 is 45.6 Å². The number of carbonyl (C=O) groups is 4. The highest BCUT2D eigenvalue weighted by molar-refractivity contribution is 6.06. The molecule has 3 aromatic rings. The summed E-state index contributed by atoms with van der Waals surface area (Å²) in [4.78, 5) is 73.7. The third kappa shape index (κ3) is 10.1. The summed E-state index contributed by atoms with van der Waals surface area (Å²) in [6.07, 6.45) is -0.191. The minimum absolute atomic E-state index is 0.0255. The molecular formula is C44H63N9O7. The van der Waals surface area contributed by atoms with Gasteiger partial charge in [-0.05, 0) is 62.9 Å². The predicted molar refractivity (Wildman–Crippen MR) is 231 cm³/mol. The van der Waals surface area contributed by atoms with Crippen LogP contribution in [0, 0.1) is 13.8 Å². The van der Waals surface area contributed by atoms with Crippen molar-refractivity contribution in [1.82, 2.24) is 35.5 Å². The van der Waals surface area contributed by atoms with Crippen LogP contribution in [0.15, 0.2) is 18.2 Å². The van der Waals surface area contributed by atoms with Gasteiger partial charge in [0, 0.05) is 115 Å². The number of nitrogens with one attached hydrogen (secondary N) is 4. The number of aromatic nitrogens is 4. The van der Waals surface area contributed by atoms with Crippen molar-refractivity contribution in [3.63, 3.8) is 0 Å². The predicted octanol–water partition coefficient (Wildman–Crippen LogP) is 3.23. The number of methoxy groups -OCH3 is 1. The van der Waals surface area contributed by atoms with Crippen LogP contribution in [0.1, 0.15) is 131 Å². The first-order valence-corrected chi connectivity index (χ1v) is 21.0. The Morgan fingerprint density at radius 3 is 2.13 bits per heavy atom. The number of Topliss-reactive ketones (excluding diaryl/α,β-unsaturated/α-hetero) is 1. The molecule has 60 heavy (non-hydrogen) atoms. The van der Waals surface area contributed by atoms with Crippen LogP contribution >= 0.6 is 0 Å². The van der Waals surface area contributed by atoms with E-state index in [-0.39, 0.29) is 54.7 Å². The Labute approximate surface area is 351 Å². The van der Waals surface area contributed by atoms with Gasteiger partial charge in [-0.2, -0.15) is 0 Å². The number of aromatic amines is 2. The van der Waals surface area contributed by atoms with Gasteiger partial charge in [0.05, 0.1) is 48.5 Å². The average Bonchev–Trinajstić information content (AvgIpc) is 3.90. The van der Waals surface area contributed by atoms with Crippen LogP contribution in [0.25, 0.3) is 22.1 Å². The molecule has 0 saturated heterocycles. The maximum absolute atomic E-state index is 14.5. The Morgan fingerprint density at radius 1 is 0.883 bits per heavy atom. The van der Waals surface area contributed by atoms with Crippen LogP contribution in [0.2, 0.25) is 0 Å². The first kappa shape index (κ1) is 46.1. The monoisotopic (exact) mass is 829 g/mol. The summed E-state index contributed by atoms with van der Waals surface area (Å²) in [5.74, 6) is -1.95. The topological polar surface area (TPSA) is 255 Å². The minimum Gasteiger partial charge on any atom is -0.469 e. The lowest BCUT2D eigenvalue weighted by molar-refractivity contribution is -0.139. The van der Waals surface area contributed by atoms with E-state index in [4.69, 9.17) is 26.2 Å². The highest BCUT2D eigenvalue weighted by atomic mass is 16.5. The molecule has 5 heterocycles. The number of rotatable bonds is 18. The number of aliphatic hydroxyl groups excluding tert-OH is 2. The number of hydrogen-bond acceptors (Lipinski definition) is 12. The molecule has 326 valence electrons. The molecule has 0 saturated carbocycles. The summed E-state index contributed by atoms with van der Waals surface area (Å²) in [5.41, 5.74) is 19.7. The molecule has 5 rings (SSSR count). The summed E-state index contributed by atoms with van der Waals surface area (Å²) in [7, 11) is 1.31. The van der Waals surface area contributed by atoms with Crippen LogP contribution in [-0.2, 0) is 20.7 Å². The number of ketones is 1. The Morgan fingerprint density at radius 2 is 1.50 bits per heavy atom. The second-order valence-electron chi connectivity index (χ2n) is 16.0. The van der Waals surface area contributed by atoms with Gasteiger partial charge in [0.2, 0.25) is 5.91 Å². The number of amides is 2. The van der Waals surface area contributed by atoms with E-state index in [2.05, 4.69) is 39.3 Å². The lowest BCUT2D eigenvalue weighted by Crippen LogP contribution is -2.40. The van der Waals surface area contributed by atoms with Gasteiger partial charge in [0.25, 0.3) is 5.91 Å². The second kappa shape index (κ2) is 20.5. The molecule has 1 unspecified atom stereocenters. The van der Waals surface area contributed by atoms with Crippen molar-refractivity contribution in [3.05, 3.63) is 68.8 Å². The fraction of sp³-hybridized carbons (Fsp3) is 0.545. The molecule has 8 bridgehead atoms. The molecular weight excluding hydrogens is 767 g/mol. The van der Waals surface area contributed by atoms with Crippen molar-refractivity contribution in [3.8, 4) is 0 Å². The van der Waals surface area contributed by atoms with Gasteiger partial charge in [0.15, 0.2) is 5.78 Å². The Balaban J connectivity index is 1.85. The summed E-state index contributed by atoms with van der Waals surface area (Å²) in [5, 5.41) is 24.9. The Bertz CT molecular complexity index is 2230. The van der Waals surface area contributed by atoms with Gasteiger partial charge in [-0.3, -0.25) is 34.0 Å². The van der Waals surface area contributed by atoms with Crippen molar-refractivity contribution in [2.45, 2.75) is 97.0 Å². The first-order valence-electron chi connectivity index (χ1n) is 21.0. The van der Waals surface area contributed by atoms with E-state index in [0.29, 0.717) is 101 Å². The molecule has 2 aliphatic heterocycles. The largest absolute Gasteiger partial charge is 0.469 e. The third-order valence-electron chi connectivity index (χ3n) is 12.1. The maximum atomic E-state index is 14.5. The van der Waals surface area contributed by atoms with Gasteiger partial charge < -0.3 is 47.0 Å². The molecule has 3 aromatic heterocycles. The van der Waals surface area contributed by atoms with Gasteiger partial charge >= 0.3 is 5.97 Å². The van der Waals surface area contributed by atoms with E-state index in [1.165, 1.54) is 7.11 Å². The zero-order valence-electron chi connectivity index (χ0n) is 36.0. The Hall–Kier alpha value is -5.00. The highest BCUT2D eigenvalue weighted by Gasteiger charge is 2.34. The molecule has 5 atom stereocenters. The quantitative estimate of drug-likeness (QED) is 0.0680. The number of ether oxygens (including phenoxy) is 1. The normalized spacial score (nSPS) is 18.1. The lowest BCUT2D eigenvalue weighted by Gasteiger charge is -2.21. The molecule has 0 fully saturated rings. The number of hydrogen-bond donors (Lipinski definition) is 8. The fourth-order valence-electron chi connectivity index (χ4n) is 8.64. The molecule has 10 N–H and O–H groups in total. The Kier molecular flexibility index (Phi) is 15.7. The van der Waals surface area contributed by atoms with Crippen molar-refractivity contribution < 1.29 is 34.1 Å². The number of esters is 1. The molecule has 0 aliphatic carbocycles.